The summed E-state index contributed by atoms with van der Waals surface area (Å²) in [5.74, 6) is 0.138. The van der Waals surface area contributed by atoms with Gasteiger partial charge in [-0.15, -0.1) is 0 Å². The molecule has 1 aromatic carbocycles. The number of likely N-dealkylation sites (tertiary alicyclic amines) is 2. The second-order valence-electron chi connectivity index (χ2n) is 7.80. The van der Waals surface area contributed by atoms with Crippen LogP contribution >= 0.6 is 0 Å². The van der Waals surface area contributed by atoms with Crippen LogP contribution in [0.3, 0.4) is 0 Å². The van der Waals surface area contributed by atoms with E-state index in [0.717, 1.165) is 5.56 Å². The van der Waals surface area contributed by atoms with Gasteiger partial charge in [0.25, 0.3) is 0 Å². The van der Waals surface area contributed by atoms with Crippen LogP contribution in [-0.4, -0.2) is 53.3 Å². The minimum Gasteiger partial charge on any atom is -0.341 e. The fourth-order valence-corrected chi connectivity index (χ4v) is 4.70. The van der Waals surface area contributed by atoms with Crippen molar-refractivity contribution in [3.05, 3.63) is 66.0 Å². The average molecular weight is 378 g/mol. The summed E-state index contributed by atoms with van der Waals surface area (Å²) in [7, 11) is 1.77. The van der Waals surface area contributed by atoms with Crippen molar-refractivity contribution in [2.75, 3.05) is 26.7 Å². The zero-order valence-corrected chi connectivity index (χ0v) is 16.1. The van der Waals surface area contributed by atoms with E-state index >= 15 is 0 Å². The molecule has 4 atom stereocenters. The summed E-state index contributed by atoms with van der Waals surface area (Å²) < 4.78 is 0. The lowest BCUT2D eigenvalue weighted by Gasteiger charge is -2.27. The van der Waals surface area contributed by atoms with Crippen molar-refractivity contribution in [2.24, 2.45) is 17.6 Å². The molecule has 6 heteroatoms. The molecule has 2 unspecified atom stereocenters. The SMILES string of the molecule is CN1C(=O)CC(C(=O)N2C[C@@H](CN)[C@H](c3ccccc3)C2)C1c1cccnc1. The molecule has 2 saturated heterocycles. The maximum atomic E-state index is 13.4. The van der Waals surface area contributed by atoms with Crippen molar-refractivity contribution in [3.8, 4) is 0 Å². The van der Waals surface area contributed by atoms with Crippen LogP contribution in [0.15, 0.2) is 54.9 Å². The fraction of sp³-hybridized carbons (Fsp3) is 0.409. The molecule has 2 amide bonds. The first-order chi connectivity index (χ1) is 13.6. The summed E-state index contributed by atoms with van der Waals surface area (Å²) in [6.07, 6.45) is 3.70. The maximum absolute atomic E-state index is 13.4. The molecule has 6 nitrogen and oxygen atoms in total. The van der Waals surface area contributed by atoms with Crippen LogP contribution in [0.1, 0.15) is 29.5 Å². The number of pyridine rings is 1. The fourth-order valence-electron chi connectivity index (χ4n) is 4.70. The van der Waals surface area contributed by atoms with Gasteiger partial charge in [0.15, 0.2) is 0 Å². The zero-order valence-electron chi connectivity index (χ0n) is 16.1. The number of benzene rings is 1. The highest BCUT2D eigenvalue weighted by Crippen LogP contribution is 2.40. The number of nitrogens with two attached hydrogens (primary N) is 1. The molecular weight excluding hydrogens is 352 g/mol. The highest BCUT2D eigenvalue weighted by molar-refractivity contribution is 5.90. The lowest BCUT2D eigenvalue weighted by molar-refractivity contribution is -0.135. The van der Waals surface area contributed by atoms with E-state index in [1.807, 2.05) is 35.2 Å². The van der Waals surface area contributed by atoms with Gasteiger partial charge in [-0.25, -0.2) is 0 Å². The van der Waals surface area contributed by atoms with Crippen LogP contribution in [-0.2, 0) is 9.59 Å². The van der Waals surface area contributed by atoms with Crippen LogP contribution < -0.4 is 5.73 Å². The molecule has 4 rings (SSSR count). The predicted octanol–water partition coefficient (Wildman–Crippen LogP) is 1.80. The molecule has 28 heavy (non-hydrogen) atoms. The van der Waals surface area contributed by atoms with Gasteiger partial charge < -0.3 is 15.5 Å². The maximum Gasteiger partial charge on any atom is 0.228 e. The van der Waals surface area contributed by atoms with E-state index in [1.165, 1.54) is 5.56 Å². The van der Waals surface area contributed by atoms with E-state index in [4.69, 9.17) is 5.73 Å². The van der Waals surface area contributed by atoms with Crippen LogP contribution in [0, 0.1) is 11.8 Å². The third-order valence-corrected chi connectivity index (χ3v) is 6.21. The van der Waals surface area contributed by atoms with Crippen molar-refractivity contribution in [2.45, 2.75) is 18.4 Å². The van der Waals surface area contributed by atoms with E-state index in [0.29, 0.717) is 19.6 Å². The topological polar surface area (TPSA) is 79.5 Å². The number of rotatable bonds is 4. The number of carbonyl (C=O) groups excluding carboxylic acids is 2. The van der Waals surface area contributed by atoms with Crippen molar-refractivity contribution in [1.29, 1.82) is 0 Å². The molecule has 1 aromatic heterocycles. The molecule has 2 fully saturated rings. The van der Waals surface area contributed by atoms with Crippen molar-refractivity contribution in [3.63, 3.8) is 0 Å². The number of amides is 2. The van der Waals surface area contributed by atoms with Crippen LogP contribution in [0.25, 0.3) is 0 Å². The van der Waals surface area contributed by atoms with Gasteiger partial charge in [0.05, 0.1) is 12.0 Å². The van der Waals surface area contributed by atoms with Crippen LogP contribution in [0.4, 0.5) is 0 Å². The Bertz CT molecular complexity index is 842. The predicted molar refractivity (Wildman–Crippen MR) is 106 cm³/mol. The Hall–Kier alpha value is -2.73. The average Bonchev–Trinajstić information content (AvgIpc) is 3.30. The Morgan fingerprint density at radius 1 is 1.14 bits per heavy atom. The first-order valence-electron chi connectivity index (χ1n) is 9.79. The number of carbonyl (C=O) groups is 2. The molecule has 0 radical (unpaired) electrons. The number of hydrogen-bond acceptors (Lipinski definition) is 4. The number of hydrogen-bond donors (Lipinski definition) is 1. The lowest BCUT2D eigenvalue weighted by atomic mass is 9.89. The van der Waals surface area contributed by atoms with Crippen LogP contribution in [0.2, 0.25) is 0 Å². The first-order valence-corrected chi connectivity index (χ1v) is 9.79. The highest BCUT2D eigenvalue weighted by atomic mass is 16.2. The Labute approximate surface area is 165 Å². The van der Waals surface area contributed by atoms with Gasteiger partial charge in [-0.2, -0.15) is 0 Å². The van der Waals surface area contributed by atoms with Crippen molar-refractivity contribution < 1.29 is 9.59 Å². The van der Waals surface area contributed by atoms with E-state index < -0.39 is 0 Å². The zero-order chi connectivity index (χ0) is 19.7. The smallest absolute Gasteiger partial charge is 0.228 e. The summed E-state index contributed by atoms with van der Waals surface area (Å²) in [6.45, 7) is 1.83. The number of nitrogens with zero attached hydrogens (tertiary/aromatic N) is 3. The van der Waals surface area contributed by atoms with Crippen LogP contribution in [0.5, 0.6) is 0 Å². The normalized spacial score (nSPS) is 27.4. The minimum atomic E-state index is -0.380. The molecule has 2 aromatic rings. The van der Waals surface area contributed by atoms with E-state index in [1.54, 1.807) is 24.3 Å². The van der Waals surface area contributed by atoms with Gasteiger partial charge in [-0.3, -0.25) is 14.6 Å². The molecule has 2 N–H and O–H groups in total. The largest absolute Gasteiger partial charge is 0.341 e. The van der Waals surface area contributed by atoms with Gasteiger partial charge in [0, 0.05) is 44.9 Å². The van der Waals surface area contributed by atoms with Gasteiger partial charge >= 0.3 is 0 Å². The Morgan fingerprint density at radius 3 is 2.57 bits per heavy atom. The van der Waals surface area contributed by atoms with E-state index in [9.17, 15) is 9.59 Å². The standard InChI is InChI=1S/C22H26N4O2/c1-25-20(27)10-18(21(25)16-8-5-9-24-12-16)22(28)26-13-17(11-23)19(14-26)15-6-3-2-4-7-15/h2-9,12,17-19,21H,10-11,13-14,23H2,1H3/t17-,18?,19+,21?/m1/s1. The molecule has 2 aliphatic heterocycles. The van der Waals surface area contributed by atoms with Gasteiger partial charge in [-0.1, -0.05) is 36.4 Å². The van der Waals surface area contributed by atoms with Gasteiger partial charge in [0.1, 0.15) is 0 Å². The Kier molecular flexibility index (Phi) is 5.13. The number of aromatic nitrogens is 1. The second-order valence-corrected chi connectivity index (χ2v) is 7.80. The summed E-state index contributed by atoms with van der Waals surface area (Å²) in [5, 5.41) is 0. The quantitative estimate of drug-likeness (QED) is 0.880. The molecule has 3 heterocycles. The highest BCUT2D eigenvalue weighted by Gasteiger charge is 2.46. The first kappa shape index (κ1) is 18.6. The third kappa shape index (κ3) is 3.29. The summed E-state index contributed by atoms with van der Waals surface area (Å²) in [6, 6.07) is 13.8. The van der Waals surface area contributed by atoms with E-state index in [2.05, 4.69) is 17.1 Å². The van der Waals surface area contributed by atoms with Crippen molar-refractivity contribution >= 4 is 11.8 Å². The summed E-state index contributed by atoms with van der Waals surface area (Å²) in [5.41, 5.74) is 8.16. The molecule has 2 aliphatic rings. The Balaban J connectivity index is 1.57. The monoisotopic (exact) mass is 378 g/mol. The second kappa shape index (κ2) is 7.72. The lowest BCUT2D eigenvalue weighted by Crippen LogP contribution is -2.37. The van der Waals surface area contributed by atoms with E-state index in [-0.39, 0.29) is 42.0 Å². The molecular formula is C22H26N4O2. The van der Waals surface area contributed by atoms with Gasteiger partial charge in [0.2, 0.25) is 11.8 Å². The third-order valence-electron chi connectivity index (χ3n) is 6.21. The molecule has 0 spiro atoms. The molecule has 0 saturated carbocycles. The summed E-state index contributed by atoms with van der Waals surface area (Å²) >= 11 is 0. The molecule has 0 aliphatic carbocycles. The Morgan fingerprint density at radius 2 is 1.89 bits per heavy atom. The molecule has 146 valence electrons. The van der Waals surface area contributed by atoms with Crippen molar-refractivity contribution in [1.82, 2.24) is 14.8 Å². The molecule has 0 bridgehead atoms. The van der Waals surface area contributed by atoms with Gasteiger partial charge in [-0.05, 0) is 29.7 Å². The summed E-state index contributed by atoms with van der Waals surface area (Å²) in [4.78, 5) is 33.6. The minimum absolute atomic E-state index is 0.00128.